The molecule has 1 saturated carbocycles. The molecule has 0 heterocycles. The Labute approximate surface area is 154 Å². The van der Waals surface area contributed by atoms with Crippen molar-refractivity contribution >= 4 is 27.6 Å². The Balaban J connectivity index is 1.43. The molecule has 2 aromatic carbocycles. The van der Waals surface area contributed by atoms with Crippen LogP contribution in [-0.4, -0.2) is 18.2 Å². The number of hydrogen-bond donors (Lipinski definition) is 2. The van der Waals surface area contributed by atoms with Gasteiger partial charge in [-0.15, -0.1) is 0 Å². The predicted molar refractivity (Wildman–Crippen MR) is 99.4 cm³/mol. The highest BCUT2D eigenvalue weighted by Crippen LogP contribution is 2.25. The Bertz CT molecular complexity index is 716. The highest BCUT2D eigenvalue weighted by Gasteiger charge is 2.23. The van der Waals surface area contributed by atoms with Gasteiger partial charge in [-0.3, -0.25) is 0 Å². The van der Waals surface area contributed by atoms with Crippen LogP contribution in [0.15, 0.2) is 53.0 Å². The zero-order valence-corrected chi connectivity index (χ0v) is 15.3. The van der Waals surface area contributed by atoms with Crippen LogP contribution in [-0.2, 0) is 0 Å². The monoisotopic (exact) mass is 406 g/mol. The molecule has 1 aliphatic rings. The smallest absolute Gasteiger partial charge is 0.319 e. The summed E-state index contributed by atoms with van der Waals surface area (Å²) in [6, 6.07) is 13.5. The molecule has 2 amide bonds. The number of halogens is 2. The lowest BCUT2D eigenvalue weighted by atomic mass is 9.93. The van der Waals surface area contributed by atoms with Crippen LogP contribution in [0.1, 0.15) is 25.7 Å². The van der Waals surface area contributed by atoms with E-state index in [0.717, 1.165) is 35.8 Å². The summed E-state index contributed by atoms with van der Waals surface area (Å²) in [6.45, 7) is 0. The van der Waals surface area contributed by atoms with E-state index in [1.54, 1.807) is 12.1 Å². The number of rotatable bonds is 4. The molecule has 25 heavy (non-hydrogen) atoms. The molecule has 4 nitrogen and oxygen atoms in total. The normalized spacial score (nSPS) is 19.9. The molecule has 1 aliphatic carbocycles. The zero-order valence-electron chi connectivity index (χ0n) is 13.7. The average Bonchev–Trinajstić information content (AvgIpc) is 2.61. The summed E-state index contributed by atoms with van der Waals surface area (Å²) >= 11 is 3.41. The topological polar surface area (TPSA) is 50.4 Å². The van der Waals surface area contributed by atoms with Crippen LogP contribution < -0.4 is 15.4 Å². The maximum Gasteiger partial charge on any atom is 0.319 e. The second kappa shape index (κ2) is 8.34. The number of ether oxygens (including phenoxy) is 1. The van der Waals surface area contributed by atoms with Gasteiger partial charge in [-0.1, -0.05) is 12.1 Å². The van der Waals surface area contributed by atoms with Crippen LogP contribution in [0.5, 0.6) is 5.75 Å². The first kappa shape index (κ1) is 17.7. The van der Waals surface area contributed by atoms with Crippen molar-refractivity contribution in [2.45, 2.75) is 37.8 Å². The van der Waals surface area contributed by atoms with Gasteiger partial charge in [0.25, 0.3) is 0 Å². The average molecular weight is 407 g/mol. The van der Waals surface area contributed by atoms with E-state index in [-0.39, 0.29) is 24.0 Å². The van der Waals surface area contributed by atoms with E-state index in [1.807, 2.05) is 24.3 Å². The van der Waals surface area contributed by atoms with Crippen molar-refractivity contribution in [3.05, 3.63) is 58.8 Å². The fourth-order valence-electron chi connectivity index (χ4n) is 2.94. The molecule has 2 N–H and O–H groups in total. The van der Waals surface area contributed by atoms with E-state index in [4.69, 9.17) is 4.74 Å². The van der Waals surface area contributed by atoms with E-state index in [1.165, 1.54) is 12.1 Å². The van der Waals surface area contributed by atoms with E-state index in [0.29, 0.717) is 5.75 Å². The first-order valence-corrected chi connectivity index (χ1v) is 9.14. The number of para-hydroxylation sites is 1. The van der Waals surface area contributed by atoms with Crippen molar-refractivity contribution in [3.8, 4) is 5.75 Å². The van der Waals surface area contributed by atoms with Crippen molar-refractivity contribution in [3.63, 3.8) is 0 Å². The minimum absolute atomic E-state index is 0.106. The van der Waals surface area contributed by atoms with Gasteiger partial charge < -0.3 is 15.4 Å². The van der Waals surface area contributed by atoms with Gasteiger partial charge in [0.2, 0.25) is 0 Å². The van der Waals surface area contributed by atoms with Gasteiger partial charge in [-0.05, 0) is 78.0 Å². The number of nitrogens with one attached hydrogen (secondary N) is 2. The van der Waals surface area contributed by atoms with Gasteiger partial charge in [-0.25, -0.2) is 9.18 Å². The van der Waals surface area contributed by atoms with Gasteiger partial charge in [0.1, 0.15) is 11.6 Å². The fraction of sp³-hybridized carbons (Fsp3) is 0.316. The minimum Gasteiger partial charge on any atom is -0.490 e. The maximum atomic E-state index is 12.9. The largest absolute Gasteiger partial charge is 0.490 e. The van der Waals surface area contributed by atoms with Gasteiger partial charge in [0.15, 0.2) is 0 Å². The molecular formula is C19H20BrFN2O2. The van der Waals surface area contributed by atoms with Crippen LogP contribution in [0.2, 0.25) is 0 Å². The third-order valence-electron chi connectivity index (χ3n) is 4.25. The minimum atomic E-state index is -0.267. The van der Waals surface area contributed by atoms with Crippen molar-refractivity contribution in [2.24, 2.45) is 0 Å². The standard InChI is InChI=1S/C19H20BrFN2O2/c20-17-3-1-2-4-18(17)23-19(24)22-14-7-11-16(12-8-14)25-15-9-5-13(21)6-10-15/h1-6,9-10,14,16H,7-8,11-12H2,(H2,22,23,24)/t14-,16+. The molecule has 0 radical (unpaired) electrons. The van der Waals surface area contributed by atoms with Crippen LogP contribution in [0, 0.1) is 5.82 Å². The molecule has 0 saturated heterocycles. The lowest BCUT2D eigenvalue weighted by Gasteiger charge is -2.29. The molecule has 0 unspecified atom stereocenters. The SMILES string of the molecule is O=C(Nc1ccccc1Br)N[C@H]1CC[C@@H](Oc2ccc(F)cc2)CC1. The van der Waals surface area contributed by atoms with Gasteiger partial charge in [-0.2, -0.15) is 0 Å². The first-order chi connectivity index (χ1) is 12.1. The van der Waals surface area contributed by atoms with Gasteiger partial charge in [0.05, 0.1) is 11.8 Å². The molecule has 0 atom stereocenters. The van der Waals surface area contributed by atoms with Gasteiger partial charge in [0, 0.05) is 10.5 Å². The number of benzene rings is 2. The molecule has 0 aliphatic heterocycles. The third kappa shape index (κ3) is 5.19. The summed E-state index contributed by atoms with van der Waals surface area (Å²) in [5.41, 5.74) is 0.744. The Morgan fingerprint density at radius 1 is 1.04 bits per heavy atom. The molecule has 0 spiro atoms. The summed E-state index contributed by atoms with van der Waals surface area (Å²) < 4.78 is 19.6. The molecule has 3 rings (SSSR count). The van der Waals surface area contributed by atoms with E-state index >= 15 is 0 Å². The Morgan fingerprint density at radius 3 is 2.40 bits per heavy atom. The second-order valence-electron chi connectivity index (χ2n) is 6.12. The van der Waals surface area contributed by atoms with Crippen molar-refractivity contribution < 1.29 is 13.9 Å². The van der Waals surface area contributed by atoms with E-state index < -0.39 is 0 Å². The predicted octanol–water partition coefficient (Wildman–Crippen LogP) is 5.10. The zero-order chi connectivity index (χ0) is 17.6. The summed E-state index contributed by atoms with van der Waals surface area (Å²) in [4.78, 5) is 12.1. The van der Waals surface area contributed by atoms with Crippen LogP contribution >= 0.6 is 15.9 Å². The second-order valence-corrected chi connectivity index (χ2v) is 6.98. The number of urea groups is 1. The number of amides is 2. The van der Waals surface area contributed by atoms with Crippen molar-refractivity contribution in [1.82, 2.24) is 5.32 Å². The first-order valence-electron chi connectivity index (χ1n) is 8.34. The van der Waals surface area contributed by atoms with Crippen LogP contribution in [0.4, 0.5) is 14.9 Å². The van der Waals surface area contributed by atoms with Crippen LogP contribution in [0.25, 0.3) is 0 Å². The Morgan fingerprint density at radius 2 is 1.72 bits per heavy atom. The lowest BCUT2D eigenvalue weighted by molar-refractivity contribution is 0.141. The highest BCUT2D eigenvalue weighted by molar-refractivity contribution is 9.10. The lowest BCUT2D eigenvalue weighted by Crippen LogP contribution is -2.41. The molecule has 6 heteroatoms. The number of hydrogen-bond acceptors (Lipinski definition) is 2. The number of carbonyl (C=O) groups is 1. The fourth-order valence-corrected chi connectivity index (χ4v) is 3.32. The summed E-state index contributed by atoms with van der Waals surface area (Å²) in [7, 11) is 0. The molecular weight excluding hydrogens is 387 g/mol. The van der Waals surface area contributed by atoms with Crippen molar-refractivity contribution in [2.75, 3.05) is 5.32 Å². The molecule has 2 aromatic rings. The van der Waals surface area contributed by atoms with Crippen LogP contribution in [0.3, 0.4) is 0 Å². The van der Waals surface area contributed by atoms with Gasteiger partial charge >= 0.3 is 6.03 Å². The Hall–Kier alpha value is -2.08. The summed E-state index contributed by atoms with van der Waals surface area (Å²) in [6.07, 6.45) is 3.54. The van der Waals surface area contributed by atoms with Crippen molar-refractivity contribution in [1.29, 1.82) is 0 Å². The van der Waals surface area contributed by atoms with E-state index in [2.05, 4.69) is 26.6 Å². The highest BCUT2D eigenvalue weighted by atomic mass is 79.9. The summed E-state index contributed by atoms with van der Waals surface area (Å²) in [5.74, 6) is 0.417. The number of anilines is 1. The number of carbonyl (C=O) groups excluding carboxylic acids is 1. The molecule has 132 valence electrons. The molecule has 0 bridgehead atoms. The quantitative estimate of drug-likeness (QED) is 0.741. The molecule has 0 aromatic heterocycles. The third-order valence-corrected chi connectivity index (χ3v) is 4.94. The summed E-state index contributed by atoms with van der Waals surface area (Å²) in [5, 5.41) is 5.86. The molecule has 1 fully saturated rings. The van der Waals surface area contributed by atoms with E-state index in [9.17, 15) is 9.18 Å². The maximum absolute atomic E-state index is 12.9. The Kier molecular flexibility index (Phi) is 5.91.